The molecule has 3 rings (SSSR count). The monoisotopic (exact) mass is 462 g/mol. The van der Waals surface area contributed by atoms with Gasteiger partial charge in [0.2, 0.25) is 5.91 Å². The molecule has 2 atom stereocenters. The standard InChI is InChI=1S/C23H30N2O6S/c1-4-30-22(28)16-8-10-24(11-9-16)21(27)15(2)31-23(29)17-12-20(26)25(14-17)18-6-5-7-19(13-18)32-3/h5-7,13,15-17H,4,8-12,14H2,1-3H3/t15-,17+/m0/s1. The van der Waals surface area contributed by atoms with Gasteiger partial charge in [-0.05, 0) is 51.1 Å². The molecule has 0 aliphatic carbocycles. The van der Waals surface area contributed by atoms with Crippen molar-refractivity contribution >= 4 is 41.2 Å². The summed E-state index contributed by atoms with van der Waals surface area (Å²) < 4.78 is 10.5. The van der Waals surface area contributed by atoms with E-state index in [1.807, 2.05) is 30.5 Å². The summed E-state index contributed by atoms with van der Waals surface area (Å²) in [5.41, 5.74) is 0.755. The minimum absolute atomic E-state index is 0.0637. The number of thioether (sulfide) groups is 1. The van der Waals surface area contributed by atoms with E-state index in [1.54, 1.807) is 35.4 Å². The van der Waals surface area contributed by atoms with Crippen LogP contribution in [0.1, 0.15) is 33.1 Å². The maximum absolute atomic E-state index is 12.7. The fourth-order valence-corrected chi connectivity index (χ4v) is 4.52. The van der Waals surface area contributed by atoms with Crippen LogP contribution in [0.5, 0.6) is 0 Å². The Bertz CT molecular complexity index is 868. The number of ether oxygens (including phenoxy) is 2. The summed E-state index contributed by atoms with van der Waals surface area (Å²) in [7, 11) is 0. The van der Waals surface area contributed by atoms with Crippen LogP contribution in [0.15, 0.2) is 29.2 Å². The number of piperidine rings is 1. The maximum Gasteiger partial charge on any atom is 0.312 e. The molecule has 1 aromatic rings. The molecular weight excluding hydrogens is 432 g/mol. The predicted molar refractivity (Wildman–Crippen MR) is 120 cm³/mol. The van der Waals surface area contributed by atoms with E-state index < -0.39 is 18.0 Å². The first-order valence-corrected chi connectivity index (χ1v) is 12.2. The summed E-state index contributed by atoms with van der Waals surface area (Å²) >= 11 is 1.58. The van der Waals surface area contributed by atoms with Crippen molar-refractivity contribution in [2.45, 2.75) is 44.1 Å². The Hall–Kier alpha value is -2.55. The maximum atomic E-state index is 12.7. The second kappa shape index (κ2) is 10.8. The van der Waals surface area contributed by atoms with Crippen LogP contribution in [0.4, 0.5) is 5.69 Å². The van der Waals surface area contributed by atoms with Gasteiger partial charge in [0.1, 0.15) is 0 Å². The number of hydrogen-bond acceptors (Lipinski definition) is 7. The molecule has 2 heterocycles. The summed E-state index contributed by atoms with van der Waals surface area (Å²) in [6.45, 7) is 4.74. The van der Waals surface area contributed by atoms with Crippen molar-refractivity contribution in [2.24, 2.45) is 11.8 Å². The highest BCUT2D eigenvalue weighted by Crippen LogP contribution is 2.29. The zero-order valence-corrected chi connectivity index (χ0v) is 19.6. The summed E-state index contributed by atoms with van der Waals surface area (Å²) in [5, 5.41) is 0. The lowest BCUT2D eigenvalue weighted by Crippen LogP contribution is -2.46. The number of likely N-dealkylation sites (tertiary alicyclic amines) is 1. The first-order chi connectivity index (χ1) is 15.3. The van der Waals surface area contributed by atoms with Crippen LogP contribution in [-0.4, -0.2) is 67.3 Å². The molecule has 2 aliphatic heterocycles. The summed E-state index contributed by atoms with van der Waals surface area (Å²) in [4.78, 5) is 54.0. The van der Waals surface area contributed by atoms with Crippen molar-refractivity contribution in [1.82, 2.24) is 4.90 Å². The second-order valence-corrected chi connectivity index (χ2v) is 8.92. The van der Waals surface area contributed by atoms with Gasteiger partial charge in [-0.25, -0.2) is 0 Å². The van der Waals surface area contributed by atoms with E-state index in [9.17, 15) is 19.2 Å². The Morgan fingerprint density at radius 3 is 2.53 bits per heavy atom. The number of hydrogen-bond donors (Lipinski definition) is 0. The lowest BCUT2D eigenvalue weighted by Gasteiger charge is -2.32. The predicted octanol–water partition coefficient (Wildman–Crippen LogP) is 2.49. The number of rotatable bonds is 7. The topological polar surface area (TPSA) is 93.2 Å². The van der Waals surface area contributed by atoms with E-state index in [0.717, 1.165) is 10.6 Å². The molecule has 0 aromatic heterocycles. The number of anilines is 1. The van der Waals surface area contributed by atoms with Gasteiger partial charge in [0.05, 0.1) is 18.4 Å². The van der Waals surface area contributed by atoms with Crippen LogP contribution in [0.2, 0.25) is 0 Å². The first-order valence-electron chi connectivity index (χ1n) is 10.9. The molecule has 0 spiro atoms. The van der Waals surface area contributed by atoms with Gasteiger partial charge >= 0.3 is 11.9 Å². The fourth-order valence-electron chi connectivity index (χ4n) is 4.07. The molecule has 2 amide bonds. The van der Waals surface area contributed by atoms with E-state index in [4.69, 9.17) is 9.47 Å². The molecule has 9 heteroatoms. The zero-order chi connectivity index (χ0) is 23.3. The van der Waals surface area contributed by atoms with E-state index in [2.05, 4.69) is 0 Å². The largest absolute Gasteiger partial charge is 0.466 e. The van der Waals surface area contributed by atoms with Crippen LogP contribution in [0.25, 0.3) is 0 Å². The molecule has 2 saturated heterocycles. The van der Waals surface area contributed by atoms with Gasteiger partial charge < -0.3 is 19.3 Å². The number of carbonyl (C=O) groups excluding carboxylic acids is 4. The lowest BCUT2D eigenvalue weighted by atomic mass is 9.96. The van der Waals surface area contributed by atoms with Gasteiger partial charge in [0, 0.05) is 36.6 Å². The van der Waals surface area contributed by atoms with E-state index in [0.29, 0.717) is 32.5 Å². The molecule has 174 valence electrons. The Labute approximate surface area is 192 Å². The van der Waals surface area contributed by atoms with Gasteiger partial charge in [-0.3, -0.25) is 19.2 Å². The third-order valence-corrected chi connectivity index (χ3v) is 6.62. The highest BCUT2D eigenvalue weighted by atomic mass is 32.2. The van der Waals surface area contributed by atoms with E-state index >= 15 is 0 Å². The number of benzene rings is 1. The van der Waals surface area contributed by atoms with Crippen LogP contribution in [0.3, 0.4) is 0 Å². The van der Waals surface area contributed by atoms with Gasteiger partial charge in [-0.15, -0.1) is 11.8 Å². The van der Waals surface area contributed by atoms with Gasteiger partial charge in [-0.2, -0.15) is 0 Å². The number of amides is 2. The molecule has 32 heavy (non-hydrogen) atoms. The fraction of sp³-hybridized carbons (Fsp3) is 0.565. The summed E-state index contributed by atoms with van der Waals surface area (Å²) in [5.74, 6) is -1.98. The first kappa shape index (κ1) is 24.1. The van der Waals surface area contributed by atoms with Crippen molar-refractivity contribution in [3.63, 3.8) is 0 Å². The van der Waals surface area contributed by atoms with Crippen molar-refractivity contribution in [1.29, 1.82) is 0 Å². The van der Waals surface area contributed by atoms with Crippen LogP contribution >= 0.6 is 11.8 Å². The van der Waals surface area contributed by atoms with E-state index in [1.165, 1.54) is 0 Å². The number of esters is 2. The highest BCUT2D eigenvalue weighted by Gasteiger charge is 2.38. The molecular formula is C23H30N2O6S. The Kier molecular flexibility index (Phi) is 8.17. The Morgan fingerprint density at radius 2 is 1.88 bits per heavy atom. The average Bonchev–Trinajstić information content (AvgIpc) is 3.20. The molecule has 8 nitrogen and oxygen atoms in total. The highest BCUT2D eigenvalue weighted by molar-refractivity contribution is 7.98. The zero-order valence-electron chi connectivity index (χ0n) is 18.7. The summed E-state index contributed by atoms with van der Waals surface area (Å²) in [6, 6.07) is 7.61. The molecule has 0 saturated carbocycles. The third kappa shape index (κ3) is 5.62. The molecule has 1 aromatic carbocycles. The quantitative estimate of drug-likeness (QED) is 0.454. The van der Waals surface area contributed by atoms with Crippen LogP contribution < -0.4 is 4.90 Å². The molecule has 0 N–H and O–H groups in total. The minimum Gasteiger partial charge on any atom is -0.466 e. The third-order valence-electron chi connectivity index (χ3n) is 5.89. The van der Waals surface area contributed by atoms with Crippen molar-refractivity contribution in [3.05, 3.63) is 24.3 Å². The van der Waals surface area contributed by atoms with Gasteiger partial charge in [-0.1, -0.05) is 6.07 Å². The molecule has 0 radical (unpaired) electrons. The Balaban J connectivity index is 1.51. The average molecular weight is 463 g/mol. The van der Waals surface area contributed by atoms with E-state index in [-0.39, 0.29) is 36.7 Å². The smallest absolute Gasteiger partial charge is 0.312 e. The molecule has 2 aliphatic rings. The van der Waals surface area contributed by atoms with Crippen molar-refractivity contribution in [3.8, 4) is 0 Å². The van der Waals surface area contributed by atoms with Crippen LogP contribution in [0, 0.1) is 11.8 Å². The van der Waals surface area contributed by atoms with Crippen molar-refractivity contribution < 1.29 is 28.7 Å². The molecule has 2 fully saturated rings. The Morgan fingerprint density at radius 1 is 1.16 bits per heavy atom. The van der Waals surface area contributed by atoms with Crippen molar-refractivity contribution in [2.75, 3.05) is 37.4 Å². The second-order valence-electron chi connectivity index (χ2n) is 8.04. The van der Waals surface area contributed by atoms with Crippen LogP contribution in [-0.2, 0) is 28.7 Å². The number of nitrogens with zero attached hydrogens (tertiary/aromatic N) is 2. The van der Waals surface area contributed by atoms with Gasteiger partial charge in [0.15, 0.2) is 6.10 Å². The normalized spacial score (nSPS) is 20.2. The molecule has 0 bridgehead atoms. The number of carbonyl (C=O) groups is 4. The summed E-state index contributed by atoms with van der Waals surface area (Å²) in [6.07, 6.45) is 2.15. The van der Waals surface area contributed by atoms with Gasteiger partial charge in [0.25, 0.3) is 5.91 Å². The minimum atomic E-state index is -0.939. The lowest BCUT2D eigenvalue weighted by molar-refractivity contribution is -0.163. The SMILES string of the molecule is CCOC(=O)C1CCN(C(=O)[C@H](C)OC(=O)[C@@H]2CC(=O)N(c3cccc(SC)c3)C2)CC1. The molecule has 0 unspecified atom stereocenters.